The number of aliphatic hydroxyl groups excluding tert-OH is 1. The number of benzene rings is 1. The lowest BCUT2D eigenvalue weighted by Crippen LogP contribution is -2.13. The van der Waals surface area contributed by atoms with Crippen LogP contribution in [0.4, 0.5) is 18.9 Å². The summed E-state index contributed by atoms with van der Waals surface area (Å²) in [6, 6.07) is 4.65. The second-order valence-electron chi connectivity index (χ2n) is 3.63. The molecule has 1 aromatic rings. The molecule has 1 aromatic carbocycles. The van der Waals surface area contributed by atoms with Crippen molar-refractivity contribution in [1.29, 1.82) is 5.26 Å². The van der Waals surface area contributed by atoms with E-state index in [0.29, 0.717) is 12.2 Å². The summed E-state index contributed by atoms with van der Waals surface area (Å²) in [6.45, 7) is 0.718. The molecule has 104 valence electrons. The fourth-order valence-corrected chi connectivity index (χ4v) is 1.39. The first-order valence-electron chi connectivity index (χ1n) is 5.53. The van der Waals surface area contributed by atoms with Gasteiger partial charge in [0.2, 0.25) is 0 Å². The van der Waals surface area contributed by atoms with E-state index >= 15 is 0 Å². The summed E-state index contributed by atoms with van der Waals surface area (Å²) < 4.78 is 42.3. The number of nitriles is 1. The molecule has 0 saturated heterocycles. The minimum Gasteiger partial charge on any atom is -0.394 e. The van der Waals surface area contributed by atoms with Crippen LogP contribution in [0, 0.1) is 11.3 Å². The fourth-order valence-electron chi connectivity index (χ4n) is 1.39. The summed E-state index contributed by atoms with van der Waals surface area (Å²) in [7, 11) is 0. The van der Waals surface area contributed by atoms with Crippen LogP contribution in [0.2, 0.25) is 0 Å². The molecule has 0 aliphatic carbocycles. The maximum Gasteiger partial charge on any atom is 0.416 e. The highest BCUT2D eigenvalue weighted by atomic mass is 19.4. The number of halogens is 3. The summed E-state index contributed by atoms with van der Waals surface area (Å²) in [6.07, 6.45) is -4.46. The van der Waals surface area contributed by atoms with Crippen molar-refractivity contribution in [2.75, 3.05) is 31.7 Å². The molecule has 1 rings (SSSR count). The lowest BCUT2D eigenvalue weighted by molar-refractivity contribution is -0.137. The molecule has 0 heterocycles. The maximum atomic E-state index is 12.5. The van der Waals surface area contributed by atoms with Gasteiger partial charge in [-0.2, -0.15) is 18.4 Å². The third-order valence-corrected chi connectivity index (χ3v) is 2.26. The van der Waals surface area contributed by atoms with Crippen LogP contribution in [0.15, 0.2) is 18.2 Å². The number of aliphatic hydroxyl groups is 1. The second kappa shape index (κ2) is 6.97. The van der Waals surface area contributed by atoms with Crippen LogP contribution in [0.25, 0.3) is 0 Å². The van der Waals surface area contributed by atoms with E-state index in [1.165, 1.54) is 6.07 Å². The van der Waals surface area contributed by atoms with Crippen molar-refractivity contribution in [3.63, 3.8) is 0 Å². The Kier molecular flexibility index (Phi) is 5.60. The molecule has 0 radical (unpaired) electrons. The second-order valence-corrected chi connectivity index (χ2v) is 3.63. The Hall–Kier alpha value is -1.78. The SMILES string of the molecule is N#Cc1cc(C(F)(F)F)ccc1NCCOCCO. The van der Waals surface area contributed by atoms with Crippen molar-refractivity contribution in [1.82, 2.24) is 0 Å². The van der Waals surface area contributed by atoms with E-state index in [2.05, 4.69) is 5.32 Å². The molecule has 0 atom stereocenters. The van der Waals surface area contributed by atoms with Crippen molar-refractivity contribution >= 4 is 5.69 Å². The lowest BCUT2D eigenvalue weighted by Gasteiger charge is -2.11. The number of anilines is 1. The van der Waals surface area contributed by atoms with Gasteiger partial charge < -0.3 is 15.2 Å². The molecule has 4 nitrogen and oxygen atoms in total. The Morgan fingerprint density at radius 2 is 2.05 bits per heavy atom. The topological polar surface area (TPSA) is 65.3 Å². The molecule has 7 heteroatoms. The largest absolute Gasteiger partial charge is 0.416 e. The number of rotatable bonds is 6. The van der Waals surface area contributed by atoms with Gasteiger partial charge in [-0.15, -0.1) is 0 Å². The average Bonchev–Trinajstić information content (AvgIpc) is 2.37. The minimum absolute atomic E-state index is 0.0722. The molecule has 0 unspecified atom stereocenters. The quantitative estimate of drug-likeness (QED) is 0.779. The highest BCUT2D eigenvalue weighted by Gasteiger charge is 2.30. The lowest BCUT2D eigenvalue weighted by atomic mass is 10.1. The number of nitrogens with zero attached hydrogens (tertiary/aromatic N) is 1. The molecular weight excluding hydrogens is 261 g/mol. The minimum atomic E-state index is -4.46. The van der Waals surface area contributed by atoms with Gasteiger partial charge in [-0.05, 0) is 18.2 Å². The van der Waals surface area contributed by atoms with Crippen LogP contribution in [-0.2, 0) is 10.9 Å². The molecule has 0 amide bonds. The van der Waals surface area contributed by atoms with Gasteiger partial charge in [0, 0.05) is 6.54 Å². The number of hydrogen-bond donors (Lipinski definition) is 2. The van der Waals surface area contributed by atoms with Crippen LogP contribution in [0.5, 0.6) is 0 Å². The molecule has 0 spiro atoms. The third-order valence-electron chi connectivity index (χ3n) is 2.26. The predicted octanol–water partition coefficient (Wildman–Crippen LogP) is 2.00. The Labute approximate surface area is 108 Å². The van der Waals surface area contributed by atoms with Gasteiger partial charge in [0.05, 0.1) is 36.6 Å². The first kappa shape index (κ1) is 15.3. The molecule has 0 saturated carbocycles. The molecule has 0 aromatic heterocycles. The van der Waals surface area contributed by atoms with Gasteiger partial charge in [0.1, 0.15) is 6.07 Å². The first-order valence-corrected chi connectivity index (χ1v) is 5.53. The Balaban J connectivity index is 2.67. The van der Waals surface area contributed by atoms with Gasteiger partial charge in [-0.1, -0.05) is 0 Å². The van der Waals surface area contributed by atoms with E-state index in [9.17, 15) is 13.2 Å². The van der Waals surface area contributed by atoms with Gasteiger partial charge in [-0.3, -0.25) is 0 Å². The number of ether oxygens (including phenoxy) is 1. The van der Waals surface area contributed by atoms with E-state index in [4.69, 9.17) is 15.1 Å². The van der Waals surface area contributed by atoms with E-state index in [0.717, 1.165) is 12.1 Å². The molecule has 19 heavy (non-hydrogen) atoms. The smallest absolute Gasteiger partial charge is 0.394 e. The molecule has 0 bridgehead atoms. The van der Waals surface area contributed by atoms with Gasteiger partial charge in [0.25, 0.3) is 0 Å². The third kappa shape index (κ3) is 4.77. The van der Waals surface area contributed by atoms with Crippen molar-refractivity contribution in [2.24, 2.45) is 0 Å². The summed E-state index contributed by atoms with van der Waals surface area (Å²) in [5, 5.41) is 20.1. The van der Waals surface area contributed by atoms with Gasteiger partial charge in [-0.25, -0.2) is 0 Å². The average molecular weight is 274 g/mol. The molecular formula is C12H13F3N2O2. The Morgan fingerprint density at radius 1 is 1.32 bits per heavy atom. The number of nitrogens with one attached hydrogen (secondary N) is 1. The fraction of sp³-hybridized carbons (Fsp3) is 0.417. The monoisotopic (exact) mass is 274 g/mol. The summed E-state index contributed by atoms with van der Waals surface area (Å²) in [4.78, 5) is 0. The van der Waals surface area contributed by atoms with E-state index < -0.39 is 11.7 Å². The van der Waals surface area contributed by atoms with E-state index in [-0.39, 0.29) is 25.4 Å². The van der Waals surface area contributed by atoms with Gasteiger partial charge >= 0.3 is 6.18 Å². The normalized spacial score (nSPS) is 11.1. The predicted molar refractivity (Wildman–Crippen MR) is 62.6 cm³/mol. The number of alkyl halides is 3. The zero-order valence-corrected chi connectivity index (χ0v) is 10.00. The number of hydrogen-bond acceptors (Lipinski definition) is 4. The van der Waals surface area contributed by atoms with Crippen molar-refractivity contribution in [3.8, 4) is 6.07 Å². The van der Waals surface area contributed by atoms with E-state index in [1.807, 2.05) is 0 Å². The van der Waals surface area contributed by atoms with Crippen LogP contribution in [0.1, 0.15) is 11.1 Å². The zero-order chi connectivity index (χ0) is 14.3. The molecule has 0 aliphatic rings. The highest BCUT2D eigenvalue weighted by Crippen LogP contribution is 2.31. The molecule has 2 N–H and O–H groups in total. The summed E-state index contributed by atoms with van der Waals surface area (Å²) in [5.41, 5.74) is -0.605. The Bertz CT molecular complexity index is 455. The highest BCUT2D eigenvalue weighted by molar-refractivity contribution is 5.58. The van der Waals surface area contributed by atoms with E-state index in [1.54, 1.807) is 6.07 Å². The van der Waals surface area contributed by atoms with Crippen molar-refractivity contribution in [3.05, 3.63) is 29.3 Å². The van der Waals surface area contributed by atoms with Crippen LogP contribution in [0.3, 0.4) is 0 Å². The Morgan fingerprint density at radius 3 is 2.63 bits per heavy atom. The molecule has 0 aliphatic heterocycles. The van der Waals surface area contributed by atoms with Crippen molar-refractivity contribution in [2.45, 2.75) is 6.18 Å². The maximum absolute atomic E-state index is 12.5. The van der Waals surface area contributed by atoms with Crippen LogP contribution >= 0.6 is 0 Å². The van der Waals surface area contributed by atoms with Crippen LogP contribution < -0.4 is 5.32 Å². The zero-order valence-electron chi connectivity index (χ0n) is 10.00. The summed E-state index contributed by atoms with van der Waals surface area (Å²) in [5.74, 6) is 0. The standard InChI is InChI=1S/C12H13F3N2O2/c13-12(14,15)10-1-2-11(9(7-10)8-16)17-3-5-19-6-4-18/h1-2,7,17-18H,3-6H2. The summed E-state index contributed by atoms with van der Waals surface area (Å²) >= 11 is 0. The van der Waals surface area contributed by atoms with Crippen molar-refractivity contribution < 1.29 is 23.0 Å². The van der Waals surface area contributed by atoms with Gasteiger partial charge in [0.15, 0.2) is 0 Å². The molecule has 0 fully saturated rings. The van der Waals surface area contributed by atoms with Crippen LogP contribution in [-0.4, -0.2) is 31.5 Å². The first-order chi connectivity index (χ1) is 8.99.